The van der Waals surface area contributed by atoms with Crippen LogP contribution in [0, 0.1) is 0 Å². The topological polar surface area (TPSA) is 88.1 Å². The summed E-state index contributed by atoms with van der Waals surface area (Å²) in [4.78, 5) is 25.4. The summed E-state index contributed by atoms with van der Waals surface area (Å²) in [6.45, 7) is 3.59. The minimum Gasteiger partial charge on any atom is -0.480 e. The molecule has 2 saturated heterocycles. The molecular formula is C12H20N2O5. The molecule has 0 spiro atoms. The molecule has 0 aromatic rings. The van der Waals surface area contributed by atoms with Crippen molar-refractivity contribution in [3.05, 3.63) is 0 Å². The van der Waals surface area contributed by atoms with Crippen LogP contribution < -0.4 is 5.32 Å². The molecule has 2 rings (SSSR count). The first-order chi connectivity index (χ1) is 9.12. The normalized spacial score (nSPS) is 23.8. The zero-order valence-electron chi connectivity index (χ0n) is 10.9. The smallest absolute Gasteiger partial charge is 0.329 e. The van der Waals surface area contributed by atoms with Gasteiger partial charge in [0.2, 0.25) is 5.91 Å². The maximum atomic E-state index is 12.0. The Bertz CT molecular complexity index is 335. The molecule has 0 bridgehead atoms. The molecule has 108 valence electrons. The van der Waals surface area contributed by atoms with Crippen LogP contribution in [0.4, 0.5) is 0 Å². The lowest BCUT2D eigenvalue weighted by Gasteiger charge is -2.35. The molecule has 0 aromatic heterocycles. The molecule has 2 N–H and O–H groups in total. The van der Waals surface area contributed by atoms with Gasteiger partial charge in [0.1, 0.15) is 5.54 Å². The molecule has 0 aliphatic carbocycles. The van der Waals surface area contributed by atoms with Gasteiger partial charge in [0.15, 0.2) is 0 Å². The Kier molecular flexibility index (Phi) is 4.73. The van der Waals surface area contributed by atoms with Crippen LogP contribution in [0.1, 0.15) is 12.8 Å². The second-order valence-corrected chi connectivity index (χ2v) is 4.94. The van der Waals surface area contributed by atoms with Gasteiger partial charge in [-0.05, 0) is 0 Å². The number of hydrogen-bond donors (Lipinski definition) is 2. The van der Waals surface area contributed by atoms with Gasteiger partial charge in [-0.2, -0.15) is 0 Å². The fraction of sp³-hybridized carbons (Fsp3) is 0.833. The summed E-state index contributed by atoms with van der Waals surface area (Å²) in [5, 5.41) is 12.0. The van der Waals surface area contributed by atoms with Crippen molar-refractivity contribution in [1.29, 1.82) is 0 Å². The summed E-state index contributed by atoms with van der Waals surface area (Å²) < 4.78 is 10.4. The SMILES string of the molecule is O=C(CN1CCOCC1)NC1(C(=O)O)CCOCC1. The maximum absolute atomic E-state index is 12.0. The number of carboxylic acids is 1. The van der Waals surface area contributed by atoms with E-state index in [1.165, 1.54) is 0 Å². The van der Waals surface area contributed by atoms with Crippen LogP contribution >= 0.6 is 0 Å². The fourth-order valence-electron chi connectivity index (χ4n) is 2.38. The van der Waals surface area contributed by atoms with E-state index in [0.29, 0.717) is 52.4 Å². The van der Waals surface area contributed by atoms with Gasteiger partial charge in [-0.1, -0.05) is 0 Å². The van der Waals surface area contributed by atoms with Crippen LogP contribution in [0.25, 0.3) is 0 Å². The van der Waals surface area contributed by atoms with Crippen LogP contribution in [0.5, 0.6) is 0 Å². The largest absolute Gasteiger partial charge is 0.480 e. The molecule has 0 atom stereocenters. The van der Waals surface area contributed by atoms with Gasteiger partial charge in [-0.3, -0.25) is 9.69 Å². The van der Waals surface area contributed by atoms with Crippen molar-refractivity contribution in [3.8, 4) is 0 Å². The highest BCUT2D eigenvalue weighted by Crippen LogP contribution is 2.21. The molecule has 19 heavy (non-hydrogen) atoms. The van der Waals surface area contributed by atoms with Crippen molar-refractivity contribution in [3.63, 3.8) is 0 Å². The number of nitrogens with one attached hydrogen (secondary N) is 1. The summed E-state index contributed by atoms with van der Waals surface area (Å²) in [5.74, 6) is -1.22. The van der Waals surface area contributed by atoms with Crippen molar-refractivity contribution in [2.45, 2.75) is 18.4 Å². The molecule has 0 unspecified atom stereocenters. The molecule has 0 aromatic carbocycles. The van der Waals surface area contributed by atoms with Crippen molar-refractivity contribution >= 4 is 11.9 Å². The lowest BCUT2D eigenvalue weighted by Crippen LogP contribution is -2.59. The molecule has 2 aliphatic rings. The Labute approximate surface area is 111 Å². The van der Waals surface area contributed by atoms with Crippen LogP contribution in [0.3, 0.4) is 0 Å². The summed E-state index contributed by atoms with van der Waals surface area (Å²) >= 11 is 0. The van der Waals surface area contributed by atoms with E-state index >= 15 is 0 Å². The average molecular weight is 272 g/mol. The predicted molar refractivity (Wildman–Crippen MR) is 65.8 cm³/mol. The standard InChI is InChI=1S/C12H20N2O5/c15-10(9-14-3-7-19-8-4-14)13-12(11(16)17)1-5-18-6-2-12/h1-9H2,(H,13,15)(H,16,17). The Morgan fingerprint density at radius 1 is 1.11 bits per heavy atom. The summed E-state index contributed by atoms with van der Waals surface area (Å²) in [6, 6.07) is 0. The van der Waals surface area contributed by atoms with E-state index in [1.807, 2.05) is 4.90 Å². The third-order valence-corrected chi connectivity index (χ3v) is 3.61. The number of carbonyl (C=O) groups excluding carboxylic acids is 1. The van der Waals surface area contributed by atoms with Gasteiger partial charge in [-0.15, -0.1) is 0 Å². The van der Waals surface area contributed by atoms with Gasteiger partial charge in [-0.25, -0.2) is 4.79 Å². The quantitative estimate of drug-likeness (QED) is 0.687. The number of nitrogens with zero attached hydrogens (tertiary/aromatic N) is 1. The predicted octanol–water partition coefficient (Wildman–Crippen LogP) is -0.931. The molecule has 2 heterocycles. The molecule has 1 amide bonds. The van der Waals surface area contributed by atoms with Gasteiger partial charge < -0.3 is 19.9 Å². The number of carboxylic acid groups (broad SMARTS) is 1. The van der Waals surface area contributed by atoms with E-state index in [0.717, 1.165) is 0 Å². The van der Waals surface area contributed by atoms with E-state index < -0.39 is 11.5 Å². The third kappa shape index (κ3) is 3.65. The maximum Gasteiger partial charge on any atom is 0.329 e. The molecule has 7 heteroatoms. The number of morpholine rings is 1. The zero-order valence-corrected chi connectivity index (χ0v) is 10.9. The Morgan fingerprint density at radius 3 is 2.26 bits per heavy atom. The van der Waals surface area contributed by atoms with Crippen molar-refractivity contribution in [1.82, 2.24) is 10.2 Å². The summed E-state index contributed by atoms with van der Waals surface area (Å²) in [5.41, 5.74) is -1.17. The summed E-state index contributed by atoms with van der Waals surface area (Å²) in [7, 11) is 0. The number of carbonyl (C=O) groups is 2. The Morgan fingerprint density at radius 2 is 1.68 bits per heavy atom. The number of amides is 1. The first-order valence-corrected chi connectivity index (χ1v) is 6.55. The number of rotatable bonds is 4. The van der Waals surface area contributed by atoms with E-state index in [2.05, 4.69) is 5.32 Å². The lowest BCUT2D eigenvalue weighted by molar-refractivity contribution is -0.152. The molecule has 2 fully saturated rings. The minimum absolute atomic E-state index is 0.221. The van der Waals surface area contributed by atoms with Gasteiger partial charge in [0.25, 0.3) is 0 Å². The molecular weight excluding hydrogens is 252 g/mol. The zero-order chi connectivity index (χ0) is 13.7. The second-order valence-electron chi connectivity index (χ2n) is 4.94. The highest BCUT2D eigenvalue weighted by Gasteiger charge is 2.41. The van der Waals surface area contributed by atoms with Crippen LogP contribution in [0.2, 0.25) is 0 Å². The minimum atomic E-state index is -1.17. The van der Waals surface area contributed by atoms with Crippen LogP contribution in [-0.2, 0) is 19.1 Å². The monoisotopic (exact) mass is 272 g/mol. The highest BCUT2D eigenvalue weighted by atomic mass is 16.5. The van der Waals surface area contributed by atoms with Crippen molar-refractivity contribution < 1.29 is 24.2 Å². The van der Waals surface area contributed by atoms with E-state index in [-0.39, 0.29) is 12.5 Å². The fourth-order valence-corrected chi connectivity index (χ4v) is 2.38. The Balaban J connectivity index is 1.89. The average Bonchev–Trinajstić information content (AvgIpc) is 2.40. The van der Waals surface area contributed by atoms with E-state index in [9.17, 15) is 14.7 Å². The number of hydrogen-bond acceptors (Lipinski definition) is 5. The second kappa shape index (κ2) is 6.31. The summed E-state index contributed by atoms with van der Waals surface area (Å²) in [6.07, 6.45) is 0.633. The van der Waals surface area contributed by atoms with E-state index in [4.69, 9.17) is 9.47 Å². The van der Waals surface area contributed by atoms with E-state index in [1.54, 1.807) is 0 Å². The first kappa shape index (κ1) is 14.2. The van der Waals surface area contributed by atoms with Crippen LogP contribution in [0.15, 0.2) is 0 Å². The molecule has 0 saturated carbocycles. The lowest BCUT2D eigenvalue weighted by atomic mass is 9.90. The molecule has 7 nitrogen and oxygen atoms in total. The van der Waals surface area contributed by atoms with Gasteiger partial charge in [0, 0.05) is 39.1 Å². The highest BCUT2D eigenvalue weighted by molar-refractivity contribution is 5.88. The van der Waals surface area contributed by atoms with Crippen molar-refractivity contribution in [2.75, 3.05) is 46.1 Å². The van der Waals surface area contributed by atoms with Crippen LogP contribution in [-0.4, -0.2) is 73.5 Å². The third-order valence-electron chi connectivity index (χ3n) is 3.61. The molecule has 2 aliphatic heterocycles. The van der Waals surface area contributed by atoms with Crippen molar-refractivity contribution in [2.24, 2.45) is 0 Å². The van der Waals surface area contributed by atoms with Gasteiger partial charge >= 0.3 is 5.97 Å². The number of aliphatic carboxylic acids is 1. The molecule has 0 radical (unpaired) electrons. The number of ether oxygens (including phenoxy) is 2. The van der Waals surface area contributed by atoms with Gasteiger partial charge in [0.05, 0.1) is 19.8 Å². The Hall–Kier alpha value is -1.18. The first-order valence-electron chi connectivity index (χ1n) is 6.55.